The van der Waals surface area contributed by atoms with Crippen molar-refractivity contribution in [1.29, 1.82) is 0 Å². The lowest BCUT2D eigenvalue weighted by molar-refractivity contribution is 0.0697. The third kappa shape index (κ3) is 2.40. The molecule has 0 saturated heterocycles. The monoisotopic (exact) mass is 249 g/mol. The van der Waals surface area contributed by atoms with Crippen LogP contribution in [0.15, 0.2) is 22.6 Å². The standard InChI is InChI=1S/C13H12FNO3/c1-7-6-10(14)4-5-11(7)18-13(16)12-8(2)15-9(3)17-12/h4-6H,1-3H3. The summed E-state index contributed by atoms with van der Waals surface area (Å²) >= 11 is 0. The van der Waals surface area contributed by atoms with E-state index in [1.165, 1.54) is 18.2 Å². The van der Waals surface area contributed by atoms with E-state index in [2.05, 4.69) is 4.98 Å². The first-order valence-electron chi connectivity index (χ1n) is 5.39. The lowest BCUT2D eigenvalue weighted by atomic mass is 10.2. The van der Waals surface area contributed by atoms with Crippen LogP contribution < -0.4 is 4.74 Å². The van der Waals surface area contributed by atoms with E-state index in [-0.39, 0.29) is 11.6 Å². The molecular weight excluding hydrogens is 237 g/mol. The van der Waals surface area contributed by atoms with Crippen LogP contribution in [0.25, 0.3) is 0 Å². The fourth-order valence-electron chi connectivity index (χ4n) is 1.59. The van der Waals surface area contributed by atoms with Gasteiger partial charge in [0.25, 0.3) is 0 Å². The molecule has 0 bridgehead atoms. The molecule has 1 aromatic carbocycles. The van der Waals surface area contributed by atoms with Gasteiger partial charge in [0, 0.05) is 6.92 Å². The number of benzene rings is 1. The Bertz CT molecular complexity index is 604. The molecule has 0 aliphatic rings. The summed E-state index contributed by atoms with van der Waals surface area (Å²) in [6, 6.07) is 3.93. The Labute approximate surface area is 103 Å². The van der Waals surface area contributed by atoms with E-state index in [4.69, 9.17) is 9.15 Å². The smallest absolute Gasteiger partial charge is 0.381 e. The molecule has 0 spiro atoms. The highest BCUT2D eigenvalue weighted by Gasteiger charge is 2.19. The number of hydrogen-bond acceptors (Lipinski definition) is 4. The molecule has 1 aromatic heterocycles. The Morgan fingerprint density at radius 2 is 2.06 bits per heavy atom. The largest absolute Gasteiger partial charge is 0.434 e. The van der Waals surface area contributed by atoms with Crippen LogP contribution in [0.2, 0.25) is 0 Å². The second-order valence-corrected chi connectivity index (χ2v) is 3.95. The van der Waals surface area contributed by atoms with E-state index in [0.29, 0.717) is 22.9 Å². The van der Waals surface area contributed by atoms with Crippen molar-refractivity contribution >= 4 is 5.97 Å². The Balaban J connectivity index is 2.24. The molecule has 0 atom stereocenters. The van der Waals surface area contributed by atoms with Gasteiger partial charge in [-0.25, -0.2) is 14.2 Å². The Hall–Kier alpha value is -2.17. The normalized spacial score (nSPS) is 10.4. The van der Waals surface area contributed by atoms with Gasteiger partial charge in [0.2, 0.25) is 5.76 Å². The van der Waals surface area contributed by atoms with Gasteiger partial charge >= 0.3 is 5.97 Å². The topological polar surface area (TPSA) is 52.3 Å². The van der Waals surface area contributed by atoms with Crippen LogP contribution in [0.1, 0.15) is 27.7 Å². The van der Waals surface area contributed by atoms with E-state index in [9.17, 15) is 9.18 Å². The number of hydrogen-bond donors (Lipinski definition) is 0. The van der Waals surface area contributed by atoms with Gasteiger partial charge < -0.3 is 9.15 Å². The summed E-state index contributed by atoms with van der Waals surface area (Å²) in [6.45, 7) is 4.96. The fourth-order valence-corrected chi connectivity index (χ4v) is 1.59. The second kappa shape index (κ2) is 4.60. The predicted molar refractivity (Wildman–Crippen MR) is 62.1 cm³/mol. The molecule has 1 heterocycles. The molecule has 94 valence electrons. The summed E-state index contributed by atoms with van der Waals surface area (Å²) in [7, 11) is 0. The van der Waals surface area contributed by atoms with Crippen molar-refractivity contribution < 1.29 is 18.3 Å². The van der Waals surface area contributed by atoms with Crippen molar-refractivity contribution in [3.05, 3.63) is 46.9 Å². The van der Waals surface area contributed by atoms with Crippen molar-refractivity contribution in [2.24, 2.45) is 0 Å². The van der Waals surface area contributed by atoms with E-state index >= 15 is 0 Å². The highest BCUT2D eigenvalue weighted by atomic mass is 19.1. The molecule has 0 amide bonds. The molecule has 0 N–H and O–H groups in total. The lowest BCUT2D eigenvalue weighted by Gasteiger charge is -2.05. The maximum Gasteiger partial charge on any atom is 0.381 e. The van der Waals surface area contributed by atoms with E-state index in [1.807, 2.05) is 0 Å². The van der Waals surface area contributed by atoms with Crippen molar-refractivity contribution in [3.8, 4) is 5.75 Å². The zero-order chi connectivity index (χ0) is 13.3. The summed E-state index contributed by atoms with van der Waals surface area (Å²) in [6.07, 6.45) is 0. The van der Waals surface area contributed by atoms with Crippen molar-refractivity contribution in [2.45, 2.75) is 20.8 Å². The number of carbonyl (C=O) groups excluding carboxylic acids is 1. The van der Waals surface area contributed by atoms with Crippen molar-refractivity contribution in [2.75, 3.05) is 0 Å². The SMILES string of the molecule is Cc1nc(C)c(C(=O)Oc2ccc(F)cc2C)o1. The Morgan fingerprint density at radius 3 is 2.61 bits per heavy atom. The van der Waals surface area contributed by atoms with Crippen LogP contribution in [0, 0.1) is 26.6 Å². The van der Waals surface area contributed by atoms with E-state index < -0.39 is 5.97 Å². The quantitative estimate of drug-likeness (QED) is 0.606. The average molecular weight is 249 g/mol. The number of nitrogens with zero attached hydrogens (tertiary/aromatic N) is 1. The number of halogens is 1. The predicted octanol–water partition coefficient (Wildman–Crippen LogP) is 2.96. The Kier molecular flexibility index (Phi) is 3.14. The van der Waals surface area contributed by atoms with Gasteiger partial charge in [0.1, 0.15) is 11.6 Å². The first-order chi connectivity index (χ1) is 8.47. The summed E-state index contributed by atoms with van der Waals surface area (Å²) < 4.78 is 23.2. The zero-order valence-corrected chi connectivity index (χ0v) is 10.3. The fraction of sp³-hybridized carbons (Fsp3) is 0.231. The van der Waals surface area contributed by atoms with Gasteiger partial charge in [-0.15, -0.1) is 0 Å². The first kappa shape index (κ1) is 12.3. The Morgan fingerprint density at radius 1 is 1.33 bits per heavy atom. The molecule has 0 aliphatic carbocycles. The van der Waals surface area contributed by atoms with Crippen LogP contribution >= 0.6 is 0 Å². The van der Waals surface area contributed by atoms with Crippen LogP contribution in [-0.2, 0) is 0 Å². The maximum absolute atomic E-state index is 12.9. The maximum atomic E-state index is 12.9. The van der Waals surface area contributed by atoms with E-state index in [1.54, 1.807) is 20.8 Å². The van der Waals surface area contributed by atoms with Gasteiger partial charge in [-0.2, -0.15) is 0 Å². The number of esters is 1. The summed E-state index contributed by atoms with van der Waals surface area (Å²) in [5.41, 5.74) is 1.01. The zero-order valence-electron chi connectivity index (χ0n) is 10.3. The lowest BCUT2D eigenvalue weighted by Crippen LogP contribution is -2.09. The molecule has 0 unspecified atom stereocenters. The molecule has 0 saturated carbocycles. The molecule has 0 fully saturated rings. The number of aryl methyl sites for hydroxylation is 3. The number of oxazole rings is 1. The van der Waals surface area contributed by atoms with Gasteiger partial charge in [-0.1, -0.05) is 0 Å². The van der Waals surface area contributed by atoms with Crippen LogP contribution in [0.4, 0.5) is 4.39 Å². The molecule has 18 heavy (non-hydrogen) atoms. The summed E-state index contributed by atoms with van der Waals surface area (Å²) in [5.74, 6) is -0.247. The average Bonchev–Trinajstić information content (AvgIpc) is 2.62. The summed E-state index contributed by atoms with van der Waals surface area (Å²) in [5, 5.41) is 0. The highest BCUT2D eigenvalue weighted by Crippen LogP contribution is 2.20. The minimum atomic E-state index is -0.636. The number of ether oxygens (including phenoxy) is 1. The van der Waals surface area contributed by atoms with Crippen molar-refractivity contribution in [1.82, 2.24) is 4.98 Å². The highest BCUT2D eigenvalue weighted by molar-refractivity contribution is 5.89. The third-order valence-electron chi connectivity index (χ3n) is 2.43. The van der Waals surface area contributed by atoms with Gasteiger partial charge in [-0.05, 0) is 37.6 Å². The minimum Gasteiger partial charge on any atom is -0.434 e. The second-order valence-electron chi connectivity index (χ2n) is 3.95. The van der Waals surface area contributed by atoms with Crippen LogP contribution in [-0.4, -0.2) is 11.0 Å². The summed E-state index contributed by atoms with van der Waals surface area (Å²) in [4.78, 5) is 15.8. The van der Waals surface area contributed by atoms with E-state index in [0.717, 1.165) is 0 Å². The molecule has 5 heteroatoms. The van der Waals surface area contributed by atoms with Gasteiger partial charge in [0.05, 0.1) is 5.69 Å². The molecule has 4 nitrogen and oxygen atoms in total. The molecule has 2 aromatic rings. The molecular formula is C13H12FNO3. The van der Waals surface area contributed by atoms with Gasteiger partial charge in [0.15, 0.2) is 5.89 Å². The minimum absolute atomic E-state index is 0.0659. The molecule has 2 rings (SSSR count). The number of aromatic nitrogens is 1. The first-order valence-corrected chi connectivity index (χ1v) is 5.39. The third-order valence-corrected chi connectivity index (χ3v) is 2.43. The molecule has 0 radical (unpaired) electrons. The van der Waals surface area contributed by atoms with Crippen molar-refractivity contribution in [3.63, 3.8) is 0 Å². The van der Waals surface area contributed by atoms with Crippen LogP contribution in [0.3, 0.4) is 0 Å². The van der Waals surface area contributed by atoms with Gasteiger partial charge in [-0.3, -0.25) is 0 Å². The molecule has 0 aliphatic heterocycles. The number of rotatable bonds is 2. The van der Waals surface area contributed by atoms with Crippen LogP contribution in [0.5, 0.6) is 5.75 Å². The number of carbonyl (C=O) groups is 1.